The van der Waals surface area contributed by atoms with Gasteiger partial charge in [0.1, 0.15) is 12.3 Å². The number of hydrogen-bond donors (Lipinski definition) is 1. The maximum absolute atomic E-state index is 12.3. The monoisotopic (exact) mass is 364 g/mol. The Hall–Kier alpha value is -3.48. The molecule has 0 saturated carbocycles. The molecule has 1 heterocycles. The summed E-state index contributed by atoms with van der Waals surface area (Å²) in [6.45, 7) is 3.62. The van der Waals surface area contributed by atoms with Crippen LogP contribution in [0.2, 0.25) is 0 Å². The molecule has 0 unspecified atom stereocenters. The van der Waals surface area contributed by atoms with E-state index < -0.39 is 5.69 Å². The second-order valence-electron chi connectivity index (χ2n) is 6.13. The molecule has 27 heavy (non-hydrogen) atoms. The Morgan fingerprint density at radius 3 is 2.52 bits per heavy atom. The van der Waals surface area contributed by atoms with Gasteiger partial charge in [-0.15, -0.1) is 0 Å². The Morgan fingerprint density at radius 1 is 1.15 bits per heavy atom. The summed E-state index contributed by atoms with van der Waals surface area (Å²) in [6.07, 6.45) is 1.46. The molecule has 0 saturated heterocycles. The largest absolute Gasteiger partial charge is 0.497 e. The van der Waals surface area contributed by atoms with E-state index in [1.165, 1.54) is 6.20 Å². The average Bonchev–Trinajstić information content (AvgIpc) is 2.66. The molecular weight excluding hydrogens is 344 g/mol. The molecular formula is C20H20N4O3. The van der Waals surface area contributed by atoms with Gasteiger partial charge in [0.2, 0.25) is 5.91 Å². The normalized spacial score (nSPS) is 10.5. The summed E-state index contributed by atoms with van der Waals surface area (Å²) in [5.41, 5.74) is 3.20. The van der Waals surface area contributed by atoms with Crippen LogP contribution in [0.1, 0.15) is 11.1 Å². The summed E-state index contributed by atoms with van der Waals surface area (Å²) >= 11 is 0. The fraction of sp³-hybridized carbons (Fsp3) is 0.200. The molecule has 0 aliphatic heterocycles. The minimum atomic E-state index is -0.591. The van der Waals surface area contributed by atoms with Crippen molar-refractivity contribution in [3.05, 3.63) is 70.3 Å². The number of carbonyl (C=O) groups excluding carboxylic acids is 1. The third-order valence-electron chi connectivity index (χ3n) is 4.16. The lowest BCUT2D eigenvalue weighted by atomic mass is 10.1. The second-order valence-corrected chi connectivity index (χ2v) is 6.13. The number of aryl methyl sites for hydroxylation is 2. The number of hydrogen-bond acceptors (Lipinski definition) is 5. The van der Waals surface area contributed by atoms with E-state index in [9.17, 15) is 9.59 Å². The predicted octanol–water partition coefficient (Wildman–Crippen LogP) is 2.57. The lowest BCUT2D eigenvalue weighted by Crippen LogP contribution is -2.31. The number of anilines is 1. The molecule has 1 amide bonds. The molecule has 0 atom stereocenters. The maximum atomic E-state index is 12.3. The number of nitrogens with one attached hydrogen (secondary N) is 1. The number of amides is 1. The van der Waals surface area contributed by atoms with Crippen LogP contribution in [0.15, 0.2) is 53.5 Å². The van der Waals surface area contributed by atoms with Crippen molar-refractivity contribution in [3.63, 3.8) is 0 Å². The Kier molecular flexibility index (Phi) is 5.30. The van der Waals surface area contributed by atoms with E-state index in [1.807, 2.05) is 38.1 Å². The molecule has 2 aromatic carbocycles. The van der Waals surface area contributed by atoms with Crippen LogP contribution in [0, 0.1) is 13.8 Å². The highest BCUT2D eigenvalue weighted by Gasteiger charge is 2.11. The molecule has 0 fully saturated rings. The van der Waals surface area contributed by atoms with E-state index in [4.69, 9.17) is 4.74 Å². The number of carbonyl (C=O) groups is 1. The number of nitrogens with zero attached hydrogens (tertiary/aromatic N) is 3. The van der Waals surface area contributed by atoms with E-state index in [0.717, 1.165) is 21.5 Å². The van der Waals surface area contributed by atoms with Crippen molar-refractivity contribution >= 4 is 11.6 Å². The molecule has 138 valence electrons. The molecule has 1 aromatic heterocycles. The van der Waals surface area contributed by atoms with Gasteiger partial charge in [-0.2, -0.15) is 10.1 Å². The summed E-state index contributed by atoms with van der Waals surface area (Å²) in [5, 5.41) is 6.91. The number of methoxy groups -OCH3 is 1. The van der Waals surface area contributed by atoms with E-state index in [0.29, 0.717) is 17.0 Å². The molecule has 0 radical (unpaired) electrons. The zero-order valence-electron chi connectivity index (χ0n) is 15.4. The molecule has 0 bridgehead atoms. The Balaban J connectivity index is 1.78. The summed E-state index contributed by atoms with van der Waals surface area (Å²) in [4.78, 5) is 28.6. The first-order valence-electron chi connectivity index (χ1n) is 8.42. The Bertz CT molecular complexity index is 1020. The lowest BCUT2D eigenvalue weighted by Gasteiger charge is -2.11. The van der Waals surface area contributed by atoms with Crippen LogP contribution in [0.5, 0.6) is 5.75 Å². The topological polar surface area (TPSA) is 86.1 Å². The summed E-state index contributed by atoms with van der Waals surface area (Å²) in [7, 11) is 1.57. The minimum Gasteiger partial charge on any atom is -0.497 e. The van der Waals surface area contributed by atoms with Crippen molar-refractivity contribution in [2.24, 2.45) is 0 Å². The summed E-state index contributed by atoms with van der Waals surface area (Å²) in [5.74, 6) is 0.324. The first kappa shape index (κ1) is 18.3. The molecule has 0 spiro atoms. The van der Waals surface area contributed by atoms with Crippen LogP contribution < -0.4 is 15.7 Å². The Labute approximate surface area is 156 Å². The van der Waals surface area contributed by atoms with Crippen molar-refractivity contribution in [2.75, 3.05) is 12.4 Å². The lowest BCUT2D eigenvalue weighted by molar-refractivity contribution is -0.117. The first-order valence-corrected chi connectivity index (χ1v) is 8.42. The molecule has 3 aromatic rings. The van der Waals surface area contributed by atoms with E-state index >= 15 is 0 Å². The third-order valence-corrected chi connectivity index (χ3v) is 4.16. The standard InChI is InChI=1S/C20H20N4O3/c1-13-6-4-7-14(2)19(13)23-18(25)12-24-20(26)22-17(11-21-24)15-8-5-9-16(10-15)27-3/h4-11H,12H2,1-3H3,(H,23,25). The van der Waals surface area contributed by atoms with Gasteiger partial charge < -0.3 is 10.1 Å². The molecule has 3 rings (SSSR count). The van der Waals surface area contributed by atoms with Gasteiger partial charge in [-0.1, -0.05) is 30.3 Å². The minimum absolute atomic E-state index is 0.210. The zero-order chi connectivity index (χ0) is 19.4. The van der Waals surface area contributed by atoms with E-state index in [2.05, 4.69) is 15.4 Å². The van der Waals surface area contributed by atoms with Gasteiger partial charge in [0.25, 0.3) is 0 Å². The van der Waals surface area contributed by atoms with Crippen molar-refractivity contribution < 1.29 is 9.53 Å². The highest BCUT2D eigenvalue weighted by molar-refractivity contribution is 5.92. The van der Waals surface area contributed by atoms with Gasteiger partial charge >= 0.3 is 5.69 Å². The van der Waals surface area contributed by atoms with Crippen LogP contribution in [-0.4, -0.2) is 27.8 Å². The van der Waals surface area contributed by atoms with Gasteiger partial charge in [0, 0.05) is 11.3 Å². The van der Waals surface area contributed by atoms with Crippen molar-refractivity contribution in [3.8, 4) is 17.0 Å². The number of benzene rings is 2. The fourth-order valence-electron chi connectivity index (χ4n) is 2.72. The molecule has 7 nitrogen and oxygen atoms in total. The Morgan fingerprint density at radius 2 is 1.85 bits per heavy atom. The summed E-state index contributed by atoms with van der Waals surface area (Å²) in [6, 6.07) is 12.9. The van der Waals surface area contributed by atoms with Crippen LogP contribution in [0.4, 0.5) is 5.69 Å². The maximum Gasteiger partial charge on any atom is 0.365 e. The highest BCUT2D eigenvalue weighted by Crippen LogP contribution is 2.21. The van der Waals surface area contributed by atoms with E-state index in [-0.39, 0.29) is 12.5 Å². The van der Waals surface area contributed by atoms with Crippen LogP contribution in [-0.2, 0) is 11.3 Å². The van der Waals surface area contributed by atoms with Crippen LogP contribution >= 0.6 is 0 Å². The van der Waals surface area contributed by atoms with Gasteiger partial charge in [0.15, 0.2) is 0 Å². The van der Waals surface area contributed by atoms with Gasteiger partial charge in [-0.25, -0.2) is 9.48 Å². The molecule has 1 N–H and O–H groups in total. The van der Waals surface area contributed by atoms with Gasteiger partial charge in [-0.05, 0) is 37.1 Å². The number of rotatable bonds is 5. The predicted molar refractivity (Wildman–Crippen MR) is 103 cm³/mol. The quantitative estimate of drug-likeness (QED) is 0.752. The van der Waals surface area contributed by atoms with E-state index in [1.54, 1.807) is 25.3 Å². The zero-order valence-corrected chi connectivity index (χ0v) is 15.4. The van der Waals surface area contributed by atoms with Crippen molar-refractivity contribution in [2.45, 2.75) is 20.4 Å². The summed E-state index contributed by atoms with van der Waals surface area (Å²) < 4.78 is 6.21. The average molecular weight is 364 g/mol. The SMILES string of the molecule is COc1cccc(-c2cnn(CC(=O)Nc3c(C)cccc3C)c(=O)n2)c1. The number of para-hydroxylation sites is 1. The highest BCUT2D eigenvalue weighted by atomic mass is 16.5. The van der Waals surface area contributed by atoms with Crippen LogP contribution in [0.3, 0.4) is 0 Å². The number of aromatic nitrogens is 3. The van der Waals surface area contributed by atoms with Crippen molar-refractivity contribution in [1.82, 2.24) is 14.8 Å². The third kappa shape index (κ3) is 4.20. The first-order chi connectivity index (χ1) is 13.0. The van der Waals surface area contributed by atoms with Gasteiger partial charge in [0.05, 0.1) is 19.0 Å². The van der Waals surface area contributed by atoms with Crippen molar-refractivity contribution in [1.29, 1.82) is 0 Å². The van der Waals surface area contributed by atoms with Gasteiger partial charge in [-0.3, -0.25) is 4.79 Å². The molecule has 0 aliphatic rings. The molecule has 7 heteroatoms. The van der Waals surface area contributed by atoms with Crippen LogP contribution in [0.25, 0.3) is 11.3 Å². The smallest absolute Gasteiger partial charge is 0.365 e. The fourth-order valence-corrected chi connectivity index (χ4v) is 2.72. The molecule has 0 aliphatic carbocycles. The number of ether oxygens (including phenoxy) is 1. The second kappa shape index (κ2) is 7.82.